The number of aryl methyl sites for hydroxylation is 1. The lowest BCUT2D eigenvalue weighted by Crippen LogP contribution is -2.32. The van der Waals surface area contributed by atoms with Crippen LogP contribution < -0.4 is 10.6 Å². The number of carbonyl (C=O) groups is 2. The van der Waals surface area contributed by atoms with E-state index in [9.17, 15) is 14.0 Å². The van der Waals surface area contributed by atoms with Crippen molar-refractivity contribution in [1.29, 1.82) is 0 Å². The molecule has 0 aliphatic heterocycles. The molecule has 0 bridgehead atoms. The van der Waals surface area contributed by atoms with Crippen LogP contribution in [0, 0.1) is 18.7 Å². The van der Waals surface area contributed by atoms with Gasteiger partial charge in [-0.15, -0.1) is 0 Å². The van der Waals surface area contributed by atoms with Crippen molar-refractivity contribution in [2.45, 2.75) is 26.7 Å². The number of hydrogen-bond donors (Lipinski definition) is 3. The van der Waals surface area contributed by atoms with Gasteiger partial charge in [0.2, 0.25) is 0 Å². The third kappa shape index (κ3) is 5.69. The van der Waals surface area contributed by atoms with E-state index >= 15 is 0 Å². The van der Waals surface area contributed by atoms with Crippen LogP contribution in [-0.2, 0) is 4.79 Å². The Morgan fingerprint density at radius 2 is 2.10 bits per heavy atom. The van der Waals surface area contributed by atoms with E-state index in [1.54, 1.807) is 19.1 Å². The lowest BCUT2D eigenvalue weighted by atomic mass is 10.1. The number of amides is 2. The fourth-order valence-electron chi connectivity index (χ4n) is 1.64. The SMILES string of the molecule is Cc1ccc(F)c(NC(=O)NCC(C)CCC(=O)O)c1. The molecule has 0 aromatic heterocycles. The van der Waals surface area contributed by atoms with Gasteiger partial charge in [-0.25, -0.2) is 9.18 Å². The molecule has 1 rings (SSSR count). The van der Waals surface area contributed by atoms with Gasteiger partial charge in [0.05, 0.1) is 5.69 Å². The van der Waals surface area contributed by atoms with Gasteiger partial charge in [0.15, 0.2) is 0 Å². The number of rotatable bonds is 6. The summed E-state index contributed by atoms with van der Waals surface area (Å²) in [5.74, 6) is -1.31. The van der Waals surface area contributed by atoms with Crippen molar-refractivity contribution < 1.29 is 19.1 Å². The molecule has 20 heavy (non-hydrogen) atoms. The van der Waals surface area contributed by atoms with Crippen molar-refractivity contribution in [2.75, 3.05) is 11.9 Å². The highest BCUT2D eigenvalue weighted by Crippen LogP contribution is 2.15. The molecule has 0 radical (unpaired) electrons. The first kappa shape index (κ1) is 15.9. The second kappa shape index (κ2) is 7.47. The van der Waals surface area contributed by atoms with Crippen molar-refractivity contribution >= 4 is 17.7 Å². The fourth-order valence-corrected chi connectivity index (χ4v) is 1.64. The molecular weight excluding hydrogens is 263 g/mol. The number of hydrogen-bond acceptors (Lipinski definition) is 2. The van der Waals surface area contributed by atoms with E-state index in [0.29, 0.717) is 13.0 Å². The van der Waals surface area contributed by atoms with Crippen molar-refractivity contribution in [3.05, 3.63) is 29.6 Å². The fraction of sp³-hybridized carbons (Fsp3) is 0.429. The number of aliphatic carboxylic acids is 1. The molecule has 6 heteroatoms. The molecule has 0 aliphatic carbocycles. The Morgan fingerprint density at radius 1 is 1.40 bits per heavy atom. The summed E-state index contributed by atoms with van der Waals surface area (Å²) < 4.78 is 13.4. The molecule has 3 N–H and O–H groups in total. The maximum atomic E-state index is 13.4. The van der Waals surface area contributed by atoms with Gasteiger partial charge in [-0.05, 0) is 37.0 Å². The van der Waals surface area contributed by atoms with Gasteiger partial charge >= 0.3 is 12.0 Å². The van der Waals surface area contributed by atoms with E-state index in [-0.39, 0.29) is 18.0 Å². The van der Waals surface area contributed by atoms with E-state index in [4.69, 9.17) is 5.11 Å². The Balaban J connectivity index is 2.40. The number of carboxylic acid groups (broad SMARTS) is 1. The highest BCUT2D eigenvalue weighted by atomic mass is 19.1. The highest BCUT2D eigenvalue weighted by molar-refractivity contribution is 5.89. The van der Waals surface area contributed by atoms with E-state index in [1.165, 1.54) is 6.07 Å². The van der Waals surface area contributed by atoms with Crippen LogP contribution in [0.15, 0.2) is 18.2 Å². The summed E-state index contributed by atoms with van der Waals surface area (Å²) in [7, 11) is 0. The van der Waals surface area contributed by atoms with Crippen LogP contribution in [0.4, 0.5) is 14.9 Å². The first-order chi connectivity index (χ1) is 9.38. The zero-order valence-electron chi connectivity index (χ0n) is 11.6. The summed E-state index contributed by atoms with van der Waals surface area (Å²) in [4.78, 5) is 22.0. The summed E-state index contributed by atoms with van der Waals surface area (Å²) in [5.41, 5.74) is 0.970. The van der Waals surface area contributed by atoms with Crippen molar-refractivity contribution in [2.24, 2.45) is 5.92 Å². The van der Waals surface area contributed by atoms with Gasteiger partial charge in [0.1, 0.15) is 5.82 Å². The zero-order valence-corrected chi connectivity index (χ0v) is 11.6. The quantitative estimate of drug-likeness (QED) is 0.750. The number of halogens is 1. The molecule has 0 spiro atoms. The molecular formula is C14H19FN2O3. The molecule has 1 atom stereocenters. The summed E-state index contributed by atoms with van der Waals surface area (Å²) >= 11 is 0. The molecule has 0 heterocycles. The van der Waals surface area contributed by atoms with Crippen LogP contribution >= 0.6 is 0 Å². The van der Waals surface area contributed by atoms with E-state index in [0.717, 1.165) is 5.56 Å². The summed E-state index contributed by atoms with van der Waals surface area (Å²) in [6.07, 6.45) is 0.547. The van der Waals surface area contributed by atoms with Gasteiger partial charge in [0.25, 0.3) is 0 Å². The van der Waals surface area contributed by atoms with E-state index in [1.807, 2.05) is 6.92 Å². The van der Waals surface area contributed by atoms with E-state index < -0.39 is 17.8 Å². The third-order valence-electron chi connectivity index (χ3n) is 2.83. The minimum Gasteiger partial charge on any atom is -0.481 e. The number of carbonyl (C=O) groups excluding carboxylic acids is 1. The van der Waals surface area contributed by atoms with Crippen LogP contribution in [0.25, 0.3) is 0 Å². The molecule has 1 unspecified atom stereocenters. The predicted octanol–water partition coefficient (Wildman–Crippen LogP) is 2.76. The monoisotopic (exact) mass is 282 g/mol. The topological polar surface area (TPSA) is 78.4 Å². The Morgan fingerprint density at radius 3 is 2.75 bits per heavy atom. The molecule has 1 aromatic rings. The summed E-state index contributed by atoms with van der Waals surface area (Å²) in [6.45, 7) is 3.99. The Kier molecular flexibility index (Phi) is 5.96. The maximum Gasteiger partial charge on any atom is 0.319 e. The van der Waals surface area contributed by atoms with Gasteiger partial charge < -0.3 is 15.7 Å². The zero-order chi connectivity index (χ0) is 15.1. The molecule has 2 amide bonds. The smallest absolute Gasteiger partial charge is 0.319 e. The number of nitrogens with one attached hydrogen (secondary N) is 2. The summed E-state index contributed by atoms with van der Waals surface area (Å²) in [5, 5.41) is 13.6. The predicted molar refractivity (Wildman–Crippen MR) is 74.2 cm³/mol. The standard InChI is InChI=1S/C14H19FN2O3/c1-9-3-5-11(15)12(7-9)17-14(20)16-8-10(2)4-6-13(18)19/h3,5,7,10H,4,6,8H2,1-2H3,(H,18,19)(H2,16,17,20). The molecule has 0 saturated carbocycles. The van der Waals surface area contributed by atoms with Crippen LogP contribution in [0.1, 0.15) is 25.3 Å². The molecule has 0 fully saturated rings. The van der Waals surface area contributed by atoms with Gasteiger partial charge in [0, 0.05) is 13.0 Å². The Labute approximate surface area is 117 Å². The largest absolute Gasteiger partial charge is 0.481 e. The van der Waals surface area contributed by atoms with Crippen LogP contribution in [-0.4, -0.2) is 23.7 Å². The number of benzene rings is 1. The average Bonchev–Trinajstić information content (AvgIpc) is 2.38. The van der Waals surface area contributed by atoms with Crippen LogP contribution in [0.5, 0.6) is 0 Å². The number of carboxylic acids is 1. The number of anilines is 1. The van der Waals surface area contributed by atoms with Gasteiger partial charge in [-0.1, -0.05) is 13.0 Å². The van der Waals surface area contributed by atoms with Crippen molar-refractivity contribution in [3.63, 3.8) is 0 Å². The first-order valence-corrected chi connectivity index (χ1v) is 6.41. The van der Waals surface area contributed by atoms with E-state index in [2.05, 4.69) is 10.6 Å². The lowest BCUT2D eigenvalue weighted by molar-refractivity contribution is -0.137. The first-order valence-electron chi connectivity index (χ1n) is 6.41. The van der Waals surface area contributed by atoms with Crippen molar-refractivity contribution in [1.82, 2.24) is 5.32 Å². The van der Waals surface area contributed by atoms with Gasteiger partial charge in [-0.2, -0.15) is 0 Å². The lowest BCUT2D eigenvalue weighted by Gasteiger charge is -2.13. The molecule has 0 saturated heterocycles. The Hall–Kier alpha value is -2.11. The van der Waals surface area contributed by atoms with Crippen molar-refractivity contribution in [3.8, 4) is 0 Å². The number of urea groups is 1. The highest BCUT2D eigenvalue weighted by Gasteiger charge is 2.09. The van der Waals surface area contributed by atoms with Gasteiger partial charge in [-0.3, -0.25) is 4.79 Å². The minimum absolute atomic E-state index is 0.0409. The van der Waals surface area contributed by atoms with Crippen LogP contribution in [0.3, 0.4) is 0 Å². The molecule has 0 aliphatic rings. The summed E-state index contributed by atoms with van der Waals surface area (Å²) in [6, 6.07) is 3.95. The molecule has 110 valence electrons. The maximum absolute atomic E-state index is 13.4. The molecule has 1 aromatic carbocycles. The normalized spacial score (nSPS) is 11.8. The van der Waals surface area contributed by atoms with Crippen LogP contribution in [0.2, 0.25) is 0 Å². The Bertz CT molecular complexity index is 491. The third-order valence-corrected chi connectivity index (χ3v) is 2.83. The second-order valence-corrected chi connectivity index (χ2v) is 4.86. The minimum atomic E-state index is -0.858. The second-order valence-electron chi connectivity index (χ2n) is 4.86. The average molecular weight is 282 g/mol. The molecule has 5 nitrogen and oxygen atoms in total.